The Kier molecular flexibility index (Phi) is 20.9. The second kappa shape index (κ2) is 28.2. The van der Waals surface area contributed by atoms with Crippen molar-refractivity contribution in [3.05, 3.63) is 119 Å². The SMILES string of the molecule is CCC(C)(C)C(=O)C(=O)N1CCCC[C@H]1C(=O)O[C@H](CCc1ccc(OC)c(OC)c1)c1cccc(NC(=O)CCC(=O)NCCCCNC(=O)COc2cccc3c2C(=O)N([C@@]2(C(=O)OCc4ccccc4)CCC(=O)NC2=O)C3=O)c1. The lowest BCUT2D eigenvalue weighted by Crippen LogP contribution is -2.68. The summed E-state index contributed by atoms with van der Waals surface area (Å²) in [7, 11) is 3.07. The molecule has 8 amide bonds. The molecule has 0 spiro atoms. The van der Waals surface area contributed by atoms with E-state index in [9.17, 15) is 52.7 Å². The van der Waals surface area contributed by atoms with Gasteiger partial charge in [0.05, 0.1) is 25.3 Å². The fraction of sp³-hybridized carbons (Fsp3) is 0.426. The number of carbonyl (C=O) groups is 11. The minimum absolute atomic E-state index is 0.124. The summed E-state index contributed by atoms with van der Waals surface area (Å²) in [5.74, 6) is -7.50. The van der Waals surface area contributed by atoms with Crippen molar-refractivity contribution in [3.8, 4) is 17.2 Å². The van der Waals surface area contributed by atoms with E-state index in [1.165, 1.54) is 37.3 Å². The largest absolute Gasteiger partial charge is 0.493 e. The van der Waals surface area contributed by atoms with Crippen LogP contribution in [-0.4, -0.2) is 127 Å². The number of likely N-dealkylation sites (tertiary alicyclic amines) is 1. The minimum atomic E-state index is -2.50. The number of amides is 8. The lowest BCUT2D eigenvalue weighted by atomic mass is 9.84. The van der Waals surface area contributed by atoms with Gasteiger partial charge in [-0.1, -0.05) is 75.4 Å². The van der Waals surface area contributed by atoms with Crippen molar-refractivity contribution in [2.45, 2.75) is 122 Å². The molecule has 3 aliphatic heterocycles. The zero-order valence-electron chi connectivity index (χ0n) is 47.3. The second-order valence-electron chi connectivity index (χ2n) is 21.0. The molecule has 22 heteroatoms. The van der Waals surface area contributed by atoms with E-state index in [1.54, 1.807) is 74.5 Å². The third kappa shape index (κ3) is 15.0. The van der Waals surface area contributed by atoms with Crippen LogP contribution >= 0.6 is 0 Å². The number of carbonyl (C=O) groups excluding carboxylic acids is 11. The van der Waals surface area contributed by atoms with E-state index < -0.39 is 95.2 Å². The van der Waals surface area contributed by atoms with Gasteiger partial charge in [-0.3, -0.25) is 48.5 Å². The normalized spacial score (nSPS) is 17.1. The Bertz CT molecular complexity index is 3130. The molecule has 0 aromatic heterocycles. The van der Waals surface area contributed by atoms with Crippen molar-refractivity contribution < 1.29 is 76.4 Å². The number of ketones is 1. The third-order valence-corrected chi connectivity index (χ3v) is 15.0. The van der Waals surface area contributed by atoms with E-state index in [4.69, 9.17) is 23.7 Å². The average Bonchev–Trinajstić information content (AvgIpc) is 2.74. The van der Waals surface area contributed by atoms with Gasteiger partial charge in [-0.05, 0) is 111 Å². The number of piperidine rings is 2. The highest BCUT2D eigenvalue weighted by atomic mass is 16.5. The quantitative estimate of drug-likeness (QED) is 0.0185. The summed E-state index contributed by atoms with van der Waals surface area (Å²) < 4.78 is 28.3. The van der Waals surface area contributed by atoms with Crippen LogP contribution in [0, 0.1) is 5.41 Å². The summed E-state index contributed by atoms with van der Waals surface area (Å²) in [6, 6.07) is 24.0. The number of anilines is 1. The number of aryl methyl sites for hydroxylation is 1. The van der Waals surface area contributed by atoms with Crippen LogP contribution in [0.4, 0.5) is 5.69 Å². The first-order valence-electron chi connectivity index (χ1n) is 27.7. The Balaban J connectivity index is 0.869. The minimum Gasteiger partial charge on any atom is -0.493 e. The Morgan fingerprint density at radius 1 is 0.759 bits per heavy atom. The highest BCUT2D eigenvalue weighted by Crippen LogP contribution is 2.40. The van der Waals surface area contributed by atoms with Gasteiger partial charge < -0.3 is 44.5 Å². The molecular weight excluding hydrogens is 1070 g/mol. The molecule has 3 heterocycles. The number of Topliss-reactive ketones (excluding diaryl/α,β-unsaturated/α-hetero) is 1. The highest BCUT2D eigenvalue weighted by molar-refractivity contribution is 6.38. The molecule has 2 fully saturated rings. The molecule has 22 nitrogen and oxygen atoms in total. The summed E-state index contributed by atoms with van der Waals surface area (Å²) in [4.78, 5) is 149. The van der Waals surface area contributed by atoms with Crippen molar-refractivity contribution >= 4 is 70.7 Å². The van der Waals surface area contributed by atoms with Gasteiger partial charge in [-0.15, -0.1) is 0 Å². The van der Waals surface area contributed by atoms with Gasteiger partial charge in [0, 0.05) is 50.0 Å². The molecule has 0 radical (unpaired) electrons. The average molecular weight is 1140 g/mol. The van der Waals surface area contributed by atoms with Crippen LogP contribution in [0.15, 0.2) is 91.0 Å². The Morgan fingerprint density at radius 3 is 2.18 bits per heavy atom. The van der Waals surface area contributed by atoms with Crippen molar-refractivity contribution in [3.63, 3.8) is 0 Å². The summed E-state index contributed by atoms with van der Waals surface area (Å²) in [6.07, 6.45) is 1.76. The van der Waals surface area contributed by atoms with Gasteiger partial charge >= 0.3 is 11.9 Å². The number of imide groups is 2. The summed E-state index contributed by atoms with van der Waals surface area (Å²) in [5, 5.41) is 10.3. The number of nitrogens with one attached hydrogen (secondary N) is 4. The maximum absolute atomic E-state index is 14.1. The lowest BCUT2D eigenvalue weighted by Gasteiger charge is -2.38. The van der Waals surface area contributed by atoms with Gasteiger partial charge in [0.2, 0.25) is 29.0 Å². The topological polar surface area (TPSA) is 289 Å². The van der Waals surface area contributed by atoms with Crippen molar-refractivity contribution in [2.75, 3.05) is 45.8 Å². The van der Waals surface area contributed by atoms with E-state index in [0.717, 1.165) is 5.56 Å². The first kappa shape index (κ1) is 61.7. The fourth-order valence-corrected chi connectivity index (χ4v) is 9.87. The molecule has 4 N–H and O–H groups in total. The summed E-state index contributed by atoms with van der Waals surface area (Å²) in [6.45, 7) is 5.08. The van der Waals surface area contributed by atoms with Crippen LogP contribution in [0.25, 0.3) is 0 Å². The molecule has 0 saturated carbocycles. The Morgan fingerprint density at radius 2 is 1.47 bits per heavy atom. The van der Waals surface area contributed by atoms with Crippen molar-refractivity contribution in [1.82, 2.24) is 25.8 Å². The molecule has 3 atom stereocenters. The molecule has 7 rings (SSSR count). The predicted octanol–water partition coefficient (Wildman–Crippen LogP) is 5.63. The van der Waals surface area contributed by atoms with Crippen molar-refractivity contribution in [1.29, 1.82) is 0 Å². The first-order chi connectivity index (χ1) is 39.8. The van der Waals surface area contributed by atoms with Crippen LogP contribution in [-0.2, 0) is 65.7 Å². The molecular formula is C61H70N6O16. The fourth-order valence-electron chi connectivity index (χ4n) is 9.87. The van der Waals surface area contributed by atoms with Gasteiger partial charge in [-0.25, -0.2) is 14.5 Å². The Hall–Kier alpha value is -8.95. The van der Waals surface area contributed by atoms with Gasteiger partial charge in [-0.2, -0.15) is 0 Å². The third-order valence-electron chi connectivity index (χ3n) is 15.0. The molecule has 3 aliphatic rings. The summed E-state index contributed by atoms with van der Waals surface area (Å²) >= 11 is 0. The predicted molar refractivity (Wildman–Crippen MR) is 298 cm³/mol. The molecule has 4 aromatic carbocycles. The van der Waals surface area contributed by atoms with E-state index >= 15 is 0 Å². The van der Waals surface area contributed by atoms with Gasteiger partial charge in [0.15, 0.2) is 18.1 Å². The molecule has 0 aliphatic carbocycles. The summed E-state index contributed by atoms with van der Waals surface area (Å²) in [5.41, 5.74) is -1.45. The van der Waals surface area contributed by atoms with Crippen LogP contribution in [0.1, 0.15) is 135 Å². The number of benzene rings is 4. The van der Waals surface area contributed by atoms with Gasteiger partial charge in [0.1, 0.15) is 24.5 Å². The van der Waals surface area contributed by atoms with E-state index in [-0.39, 0.29) is 68.3 Å². The number of methoxy groups -OCH3 is 2. The second-order valence-corrected chi connectivity index (χ2v) is 21.0. The zero-order valence-corrected chi connectivity index (χ0v) is 47.3. The smallest absolute Gasteiger partial charge is 0.342 e. The van der Waals surface area contributed by atoms with Crippen molar-refractivity contribution in [2.24, 2.45) is 5.41 Å². The highest BCUT2D eigenvalue weighted by Gasteiger charge is 2.62. The number of rotatable bonds is 27. The number of ether oxygens (including phenoxy) is 5. The van der Waals surface area contributed by atoms with Crippen LogP contribution in [0.5, 0.6) is 17.2 Å². The van der Waals surface area contributed by atoms with E-state index in [1.807, 2.05) is 19.1 Å². The standard InChI is InChI=1S/C61H70N6O16/c1-6-60(2,3)53(72)56(75)66-33-13-10-21-43(66)57(76)83-44(25-23-38-24-26-45(79-4)47(34-38)80-5)40-18-14-19-41(35-40)64-49(69)28-27-48(68)62-31-11-12-32-63-51(71)37-81-46-22-15-20-42-52(46)55(74)67(54(42)73)61(30-29-50(70)65-58(61)77)59(78)82-36-39-16-8-7-9-17-39/h7-9,14-20,22,24,26,34-35,43-44H,6,10-13,21,23,25,27-33,36-37H2,1-5H3,(H,62,68)(H,63,71)(H,64,69)(H,65,70,77)/t43-,44+,61-/m0/s1. The maximum atomic E-state index is 14.1. The number of esters is 2. The molecule has 83 heavy (non-hydrogen) atoms. The molecule has 0 unspecified atom stereocenters. The van der Waals surface area contributed by atoms with Crippen LogP contribution in [0.3, 0.4) is 0 Å². The monoisotopic (exact) mass is 1140 g/mol. The number of hydrogen-bond acceptors (Lipinski definition) is 16. The number of unbranched alkanes of at least 4 members (excludes halogenated alkanes) is 1. The first-order valence-corrected chi connectivity index (χ1v) is 27.7. The van der Waals surface area contributed by atoms with Gasteiger partial charge in [0.25, 0.3) is 29.5 Å². The molecule has 4 aromatic rings. The molecule has 0 bridgehead atoms. The number of hydrogen-bond donors (Lipinski definition) is 4. The van der Waals surface area contributed by atoms with Crippen LogP contribution in [0.2, 0.25) is 0 Å². The van der Waals surface area contributed by atoms with Crippen LogP contribution < -0.4 is 35.5 Å². The number of nitrogens with zero attached hydrogens (tertiary/aromatic N) is 2. The van der Waals surface area contributed by atoms with E-state index in [0.29, 0.717) is 84.6 Å². The molecule has 2 saturated heterocycles. The molecule has 440 valence electrons. The number of fused-ring (bicyclic) bond motifs is 1. The maximum Gasteiger partial charge on any atom is 0.342 e. The Labute approximate surface area is 480 Å². The van der Waals surface area contributed by atoms with E-state index in [2.05, 4.69) is 21.3 Å². The lowest BCUT2D eigenvalue weighted by molar-refractivity contribution is -0.165. The zero-order chi connectivity index (χ0) is 59.8.